The fraction of sp³-hybridized carbons (Fsp3) is 0.412. The fourth-order valence-corrected chi connectivity index (χ4v) is 3.30. The molecule has 0 aliphatic heterocycles. The van der Waals surface area contributed by atoms with Crippen molar-refractivity contribution in [2.24, 2.45) is 0 Å². The summed E-state index contributed by atoms with van der Waals surface area (Å²) >= 11 is 0. The SMILES string of the molecule is Cc1ccccc1CS(=O)Cc1ccc(CNC(C)C)o1. The third-order valence-electron chi connectivity index (χ3n) is 3.28. The maximum absolute atomic E-state index is 12.2. The van der Waals surface area contributed by atoms with Crippen LogP contribution in [0, 0.1) is 6.92 Å². The Balaban J connectivity index is 1.90. The lowest BCUT2D eigenvalue weighted by molar-refractivity contribution is 0.445. The monoisotopic (exact) mass is 305 g/mol. The van der Waals surface area contributed by atoms with Gasteiger partial charge < -0.3 is 9.73 Å². The second-order valence-corrected chi connectivity index (χ2v) is 7.02. The second kappa shape index (κ2) is 7.57. The number of aryl methyl sites for hydroxylation is 1. The predicted octanol–water partition coefficient (Wildman–Crippen LogP) is 3.53. The second-order valence-electron chi connectivity index (χ2n) is 5.56. The van der Waals surface area contributed by atoms with Crippen LogP contribution in [0.25, 0.3) is 0 Å². The third kappa shape index (κ3) is 5.14. The Morgan fingerprint density at radius 1 is 1.10 bits per heavy atom. The lowest BCUT2D eigenvalue weighted by Gasteiger charge is -2.06. The Labute approximate surface area is 129 Å². The molecule has 0 aliphatic carbocycles. The van der Waals surface area contributed by atoms with E-state index in [1.807, 2.05) is 30.3 Å². The molecule has 2 rings (SSSR count). The van der Waals surface area contributed by atoms with Crippen molar-refractivity contribution in [3.63, 3.8) is 0 Å². The van der Waals surface area contributed by atoms with Gasteiger partial charge in [0.15, 0.2) is 0 Å². The first-order chi connectivity index (χ1) is 10.0. The first-order valence-corrected chi connectivity index (χ1v) is 8.74. The molecule has 114 valence electrons. The van der Waals surface area contributed by atoms with Crippen LogP contribution >= 0.6 is 0 Å². The molecule has 0 bridgehead atoms. The number of rotatable bonds is 7. The van der Waals surface area contributed by atoms with Gasteiger partial charge in [-0.25, -0.2) is 0 Å². The topological polar surface area (TPSA) is 42.2 Å². The van der Waals surface area contributed by atoms with Gasteiger partial charge in [0.25, 0.3) is 0 Å². The van der Waals surface area contributed by atoms with E-state index in [2.05, 4.69) is 32.2 Å². The van der Waals surface area contributed by atoms with Crippen molar-refractivity contribution in [1.29, 1.82) is 0 Å². The van der Waals surface area contributed by atoms with Crippen molar-refractivity contribution < 1.29 is 8.63 Å². The molecule has 4 heteroatoms. The van der Waals surface area contributed by atoms with Crippen LogP contribution in [0.2, 0.25) is 0 Å². The van der Waals surface area contributed by atoms with E-state index < -0.39 is 10.8 Å². The van der Waals surface area contributed by atoms with Crippen LogP contribution < -0.4 is 5.32 Å². The average Bonchev–Trinajstić information content (AvgIpc) is 2.86. The molecule has 0 saturated heterocycles. The summed E-state index contributed by atoms with van der Waals surface area (Å²) in [5.74, 6) is 2.73. The molecule has 1 aromatic heterocycles. The lowest BCUT2D eigenvalue weighted by Crippen LogP contribution is -2.21. The highest BCUT2D eigenvalue weighted by atomic mass is 32.2. The van der Waals surface area contributed by atoms with Gasteiger partial charge in [0, 0.05) is 22.6 Å². The standard InChI is InChI=1S/C17H23NO2S/c1-13(2)18-10-16-8-9-17(20-16)12-21(19)11-15-7-5-4-6-14(15)3/h4-9,13,18H,10-12H2,1-3H3. The van der Waals surface area contributed by atoms with Gasteiger partial charge in [-0.1, -0.05) is 38.1 Å². The summed E-state index contributed by atoms with van der Waals surface area (Å²) in [6.45, 7) is 6.96. The van der Waals surface area contributed by atoms with E-state index in [0.29, 0.717) is 24.1 Å². The molecule has 0 amide bonds. The predicted molar refractivity (Wildman–Crippen MR) is 87.4 cm³/mol. The van der Waals surface area contributed by atoms with Crippen molar-refractivity contribution in [2.45, 2.75) is 44.9 Å². The molecular formula is C17H23NO2S. The average molecular weight is 305 g/mol. The molecule has 0 radical (unpaired) electrons. The quantitative estimate of drug-likeness (QED) is 0.851. The molecule has 0 aliphatic rings. The molecule has 1 heterocycles. The minimum Gasteiger partial charge on any atom is -0.464 e. The summed E-state index contributed by atoms with van der Waals surface area (Å²) in [5, 5.41) is 3.31. The zero-order valence-corrected chi connectivity index (χ0v) is 13.7. The molecule has 2 aromatic rings. The Hall–Kier alpha value is -1.39. The van der Waals surface area contributed by atoms with E-state index in [1.165, 1.54) is 5.56 Å². The molecule has 3 nitrogen and oxygen atoms in total. The van der Waals surface area contributed by atoms with Gasteiger partial charge in [-0.15, -0.1) is 0 Å². The van der Waals surface area contributed by atoms with E-state index in [9.17, 15) is 4.21 Å². The first kappa shape index (κ1) is 16.0. The van der Waals surface area contributed by atoms with E-state index >= 15 is 0 Å². The van der Waals surface area contributed by atoms with E-state index in [-0.39, 0.29) is 0 Å². The lowest BCUT2D eigenvalue weighted by atomic mass is 10.1. The van der Waals surface area contributed by atoms with E-state index in [1.54, 1.807) is 0 Å². The van der Waals surface area contributed by atoms with Gasteiger partial charge in [-0.3, -0.25) is 4.21 Å². The van der Waals surface area contributed by atoms with Crippen LogP contribution in [-0.2, 0) is 28.9 Å². The third-order valence-corrected chi connectivity index (χ3v) is 4.52. The highest BCUT2D eigenvalue weighted by molar-refractivity contribution is 7.83. The van der Waals surface area contributed by atoms with Gasteiger partial charge in [-0.05, 0) is 30.2 Å². The van der Waals surface area contributed by atoms with E-state index in [4.69, 9.17) is 4.42 Å². The number of hydrogen-bond acceptors (Lipinski definition) is 3. The molecule has 0 spiro atoms. The zero-order valence-electron chi connectivity index (χ0n) is 12.9. The number of nitrogens with one attached hydrogen (secondary N) is 1. The smallest absolute Gasteiger partial charge is 0.118 e. The highest BCUT2D eigenvalue weighted by Crippen LogP contribution is 2.15. The molecule has 21 heavy (non-hydrogen) atoms. The first-order valence-electron chi connectivity index (χ1n) is 7.25. The molecule has 1 N–H and O–H groups in total. The zero-order chi connectivity index (χ0) is 15.2. The van der Waals surface area contributed by atoms with Crippen molar-refractivity contribution in [2.75, 3.05) is 0 Å². The van der Waals surface area contributed by atoms with Gasteiger partial charge >= 0.3 is 0 Å². The molecular weight excluding hydrogens is 282 g/mol. The highest BCUT2D eigenvalue weighted by Gasteiger charge is 2.09. The summed E-state index contributed by atoms with van der Waals surface area (Å²) in [4.78, 5) is 0. The van der Waals surface area contributed by atoms with Gasteiger partial charge in [0.2, 0.25) is 0 Å². The Bertz CT molecular complexity index is 604. The summed E-state index contributed by atoms with van der Waals surface area (Å²) < 4.78 is 18.0. The van der Waals surface area contributed by atoms with Gasteiger partial charge in [-0.2, -0.15) is 0 Å². The summed E-state index contributed by atoms with van der Waals surface area (Å²) in [6, 6.07) is 12.4. The summed E-state index contributed by atoms with van der Waals surface area (Å²) in [5.41, 5.74) is 2.33. The minimum atomic E-state index is -0.946. The molecule has 0 saturated carbocycles. The van der Waals surface area contributed by atoms with Gasteiger partial charge in [0.05, 0.1) is 12.3 Å². The summed E-state index contributed by atoms with van der Waals surface area (Å²) in [6.07, 6.45) is 0. The van der Waals surface area contributed by atoms with Crippen LogP contribution in [0.15, 0.2) is 40.8 Å². The molecule has 1 atom stereocenters. The molecule has 1 unspecified atom stereocenters. The maximum Gasteiger partial charge on any atom is 0.118 e. The fourth-order valence-electron chi connectivity index (χ4n) is 2.05. The minimum absolute atomic E-state index is 0.425. The molecule has 1 aromatic carbocycles. The number of benzene rings is 1. The number of furan rings is 1. The molecule has 0 fully saturated rings. The Morgan fingerprint density at radius 3 is 2.52 bits per heavy atom. The van der Waals surface area contributed by atoms with E-state index in [0.717, 1.165) is 17.1 Å². The van der Waals surface area contributed by atoms with Crippen molar-refractivity contribution >= 4 is 10.8 Å². The van der Waals surface area contributed by atoms with Crippen molar-refractivity contribution in [1.82, 2.24) is 5.32 Å². The van der Waals surface area contributed by atoms with Crippen LogP contribution in [0.1, 0.15) is 36.5 Å². The van der Waals surface area contributed by atoms with Crippen molar-refractivity contribution in [3.05, 3.63) is 59.0 Å². The normalized spacial score (nSPS) is 12.8. The Morgan fingerprint density at radius 2 is 1.81 bits per heavy atom. The van der Waals surface area contributed by atoms with Crippen LogP contribution in [-0.4, -0.2) is 10.3 Å². The number of hydrogen-bond donors (Lipinski definition) is 1. The maximum atomic E-state index is 12.2. The van der Waals surface area contributed by atoms with Gasteiger partial charge in [0.1, 0.15) is 11.5 Å². The van der Waals surface area contributed by atoms with Crippen LogP contribution in [0.5, 0.6) is 0 Å². The van der Waals surface area contributed by atoms with Crippen molar-refractivity contribution in [3.8, 4) is 0 Å². The van der Waals surface area contributed by atoms with Crippen LogP contribution in [0.3, 0.4) is 0 Å². The summed E-state index contributed by atoms with van der Waals surface area (Å²) in [7, 11) is -0.946. The largest absolute Gasteiger partial charge is 0.464 e. The van der Waals surface area contributed by atoms with Crippen LogP contribution in [0.4, 0.5) is 0 Å². The Kier molecular flexibility index (Phi) is 5.76.